The third-order valence-electron chi connectivity index (χ3n) is 4.31. The maximum atomic E-state index is 12.6. The van der Waals surface area contributed by atoms with Crippen molar-refractivity contribution < 1.29 is 14.5 Å². The third kappa shape index (κ3) is 4.21. The predicted octanol–water partition coefficient (Wildman–Crippen LogP) is 3.21. The molecule has 1 aliphatic carbocycles. The number of nitrogens with one attached hydrogen (secondary N) is 1. The molecule has 144 valence electrons. The minimum atomic E-state index is -0.512. The van der Waals surface area contributed by atoms with E-state index in [4.69, 9.17) is 4.74 Å². The van der Waals surface area contributed by atoms with Crippen LogP contribution in [0.4, 0.5) is 11.4 Å². The summed E-state index contributed by atoms with van der Waals surface area (Å²) < 4.78 is 7.21. The number of nitro benzene ring substituents is 1. The zero-order chi connectivity index (χ0) is 19.6. The lowest BCUT2D eigenvalue weighted by Crippen LogP contribution is -2.23. The van der Waals surface area contributed by atoms with Crippen molar-refractivity contribution in [3.8, 4) is 5.75 Å². The molecular formula is C17H21N5O4S. The van der Waals surface area contributed by atoms with E-state index in [1.54, 1.807) is 6.92 Å². The van der Waals surface area contributed by atoms with Gasteiger partial charge in [-0.05, 0) is 32.8 Å². The Morgan fingerprint density at radius 2 is 2.22 bits per heavy atom. The van der Waals surface area contributed by atoms with E-state index < -0.39 is 10.2 Å². The average Bonchev–Trinajstić information content (AvgIpc) is 3.42. The second kappa shape index (κ2) is 7.95. The number of ether oxygens (including phenoxy) is 1. The molecule has 1 saturated carbocycles. The lowest BCUT2D eigenvalue weighted by atomic mass is 10.2. The zero-order valence-electron chi connectivity index (χ0n) is 15.3. The van der Waals surface area contributed by atoms with Gasteiger partial charge in [-0.2, -0.15) is 0 Å². The van der Waals surface area contributed by atoms with Crippen molar-refractivity contribution >= 4 is 29.0 Å². The highest BCUT2D eigenvalue weighted by molar-refractivity contribution is 8.00. The standard InChI is InChI=1S/C17H21N5O4S/c1-4-21-15(11-5-6-11)19-20-17(21)27-10(2)16(23)18-13-8-7-12(22(24)25)9-14(13)26-3/h7-11H,4-6H2,1-3H3,(H,18,23)/t10-/m1/s1. The van der Waals surface area contributed by atoms with Gasteiger partial charge >= 0.3 is 0 Å². The fourth-order valence-corrected chi connectivity index (χ4v) is 3.59. The number of thioether (sulfide) groups is 1. The Kier molecular flexibility index (Phi) is 5.64. The lowest BCUT2D eigenvalue weighted by Gasteiger charge is -2.14. The van der Waals surface area contributed by atoms with Crippen molar-refractivity contribution in [1.29, 1.82) is 0 Å². The number of nitro groups is 1. The van der Waals surface area contributed by atoms with E-state index in [1.807, 2.05) is 6.92 Å². The second-order valence-electron chi connectivity index (χ2n) is 6.25. The molecule has 3 rings (SSSR count). The molecule has 9 nitrogen and oxygen atoms in total. The summed E-state index contributed by atoms with van der Waals surface area (Å²) in [6.45, 7) is 4.57. The van der Waals surface area contributed by atoms with E-state index >= 15 is 0 Å². The topological polar surface area (TPSA) is 112 Å². The minimum Gasteiger partial charge on any atom is -0.494 e. The monoisotopic (exact) mass is 391 g/mol. The zero-order valence-corrected chi connectivity index (χ0v) is 16.2. The van der Waals surface area contributed by atoms with E-state index in [0.29, 0.717) is 11.6 Å². The molecule has 0 aliphatic heterocycles. The van der Waals surface area contributed by atoms with Crippen LogP contribution in [0, 0.1) is 10.1 Å². The summed E-state index contributed by atoms with van der Waals surface area (Å²) >= 11 is 1.34. The summed E-state index contributed by atoms with van der Waals surface area (Å²) in [6, 6.07) is 4.07. The van der Waals surface area contributed by atoms with Crippen LogP contribution >= 0.6 is 11.8 Å². The number of carbonyl (C=O) groups is 1. The number of non-ortho nitro benzene ring substituents is 1. The molecule has 1 heterocycles. The summed E-state index contributed by atoms with van der Waals surface area (Å²) in [6.07, 6.45) is 2.28. The molecule has 0 saturated heterocycles. The first-order valence-electron chi connectivity index (χ1n) is 8.67. The highest BCUT2D eigenvalue weighted by atomic mass is 32.2. The van der Waals surface area contributed by atoms with E-state index in [1.165, 1.54) is 37.1 Å². The van der Waals surface area contributed by atoms with Crippen LogP contribution in [0.15, 0.2) is 23.4 Å². The Labute approximate surface area is 160 Å². The molecule has 1 atom stereocenters. The highest BCUT2D eigenvalue weighted by Gasteiger charge is 2.30. The Balaban J connectivity index is 1.70. The van der Waals surface area contributed by atoms with Crippen molar-refractivity contribution in [2.75, 3.05) is 12.4 Å². The molecule has 2 aromatic rings. The second-order valence-corrected chi connectivity index (χ2v) is 7.56. The summed E-state index contributed by atoms with van der Waals surface area (Å²) in [5.41, 5.74) is 0.284. The van der Waals surface area contributed by atoms with Gasteiger partial charge in [0.05, 0.1) is 29.0 Å². The summed E-state index contributed by atoms with van der Waals surface area (Å²) in [4.78, 5) is 22.9. The van der Waals surface area contributed by atoms with Crippen LogP contribution in [-0.4, -0.2) is 38.0 Å². The minimum absolute atomic E-state index is 0.101. The largest absolute Gasteiger partial charge is 0.494 e. The third-order valence-corrected chi connectivity index (χ3v) is 5.39. The molecule has 1 aromatic carbocycles. The van der Waals surface area contributed by atoms with Gasteiger partial charge in [0.15, 0.2) is 5.16 Å². The molecule has 1 amide bonds. The van der Waals surface area contributed by atoms with Crippen LogP contribution in [0.5, 0.6) is 5.75 Å². The van der Waals surface area contributed by atoms with Crippen molar-refractivity contribution in [2.45, 2.75) is 49.6 Å². The number of amides is 1. The maximum Gasteiger partial charge on any atom is 0.273 e. The first-order valence-corrected chi connectivity index (χ1v) is 9.55. The van der Waals surface area contributed by atoms with Gasteiger partial charge in [-0.1, -0.05) is 11.8 Å². The molecule has 27 heavy (non-hydrogen) atoms. The van der Waals surface area contributed by atoms with E-state index in [2.05, 4.69) is 20.1 Å². The SMILES string of the molecule is CCn1c(S[C@H](C)C(=O)Nc2ccc([N+](=O)[O-])cc2OC)nnc1C1CC1. The van der Waals surface area contributed by atoms with Gasteiger partial charge in [-0.15, -0.1) is 10.2 Å². The van der Waals surface area contributed by atoms with Crippen molar-refractivity contribution in [1.82, 2.24) is 14.8 Å². The number of nitrogens with zero attached hydrogens (tertiary/aromatic N) is 4. The van der Waals surface area contributed by atoms with Gasteiger partial charge in [0, 0.05) is 18.5 Å². The average molecular weight is 391 g/mol. The summed E-state index contributed by atoms with van der Waals surface area (Å²) in [5.74, 6) is 1.47. The first-order chi connectivity index (χ1) is 12.9. The Hall–Kier alpha value is -2.62. The Bertz CT molecular complexity index is 865. The van der Waals surface area contributed by atoms with Crippen molar-refractivity contribution in [3.63, 3.8) is 0 Å². The molecule has 0 radical (unpaired) electrons. The Morgan fingerprint density at radius 1 is 1.48 bits per heavy atom. The molecule has 0 bridgehead atoms. The number of benzene rings is 1. The molecule has 1 fully saturated rings. The van der Waals surface area contributed by atoms with Crippen LogP contribution in [0.1, 0.15) is 38.4 Å². The van der Waals surface area contributed by atoms with E-state index in [-0.39, 0.29) is 17.3 Å². The van der Waals surface area contributed by atoms with Gasteiger partial charge in [0.2, 0.25) is 5.91 Å². The number of anilines is 1. The highest BCUT2D eigenvalue weighted by Crippen LogP contribution is 2.40. The van der Waals surface area contributed by atoms with E-state index in [0.717, 1.165) is 30.4 Å². The smallest absolute Gasteiger partial charge is 0.273 e. The van der Waals surface area contributed by atoms with Crippen LogP contribution in [0.2, 0.25) is 0 Å². The normalized spacial score (nSPS) is 14.6. The number of methoxy groups -OCH3 is 1. The Morgan fingerprint density at radius 3 is 2.81 bits per heavy atom. The summed E-state index contributed by atoms with van der Waals surface area (Å²) in [7, 11) is 1.40. The maximum absolute atomic E-state index is 12.6. The number of rotatable bonds is 8. The molecule has 1 aliphatic rings. The van der Waals surface area contributed by atoms with Crippen LogP contribution in [0.3, 0.4) is 0 Å². The van der Waals surface area contributed by atoms with Gasteiger partial charge in [0.25, 0.3) is 5.69 Å². The molecular weight excluding hydrogens is 370 g/mol. The predicted molar refractivity (Wildman–Crippen MR) is 101 cm³/mol. The van der Waals surface area contributed by atoms with Crippen molar-refractivity contribution in [3.05, 3.63) is 34.1 Å². The molecule has 0 unspecified atom stereocenters. The van der Waals surface area contributed by atoms with Gasteiger partial charge in [-0.3, -0.25) is 14.9 Å². The summed E-state index contributed by atoms with van der Waals surface area (Å²) in [5, 5.41) is 22.4. The van der Waals surface area contributed by atoms with Crippen molar-refractivity contribution in [2.24, 2.45) is 0 Å². The van der Waals surface area contributed by atoms with Gasteiger partial charge < -0.3 is 14.6 Å². The fourth-order valence-electron chi connectivity index (χ4n) is 2.67. The molecule has 10 heteroatoms. The van der Waals surface area contributed by atoms with Crippen LogP contribution in [0.25, 0.3) is 0 Å². The van der Waals surface area contributed by atoms with Gasteiger partial charge in [0.1, 0.15) is 11.6 Å². The van der Waals surface area contributed by atoms with Crippen LogP contribution in [-0.2, 0) is 11.3 Å². The number of carbonyl (C=O) groups excluding carboxylic acids is 1. The lowest BCUT2D eigenvalue weighted by molar-refractivity contribution is -0.384. The van der Waals surface area contributed by atoms with E-state index in [9.17, 15) is 14.9 Å². The van der Waals surface area contributed by atoms with Gasteiger partial charge in [-0.25, -0.2) is 0 Å². The number of aromatic nitrogens is 3. The molecule has 0 spiro atoms. The molecule has 1 N–H and O–H groups in total. The quantitative estimate of drug-likeness (QED) is 0.418. The van der Waals surface area contributed by atoms with Crippen LogP contribution < -0.4 is 10.1 Å². The number of hydrogen-bond acceptors (Lipinski definition) is 7. The fraction of sp³-hybridized carbons (Fsp3) is 0.471. The molecule has 1 aromatic heterocycles. The number of hydrogen-bond donors (Lipinski definition) is 1. The first kappa shape index (κ1) is 19.2.